The number of alkyl halides is 2. The molecule has 0 heterocycles. The number of benzene rings is 2. The molecule has 1 amide bonds. The van der Waals surface area contributed by atoms with Gasteiger partial charge in [0.05, 0.1) is 5.56 Å². The fourth-order valence-corrected chi connectivity index (χ4v) is 1.71. The van der Waals surface area contributed by atoms with Crippen molar-refractivity contribution in [2.45, 2.75) is 6.61 Å². The smallest absolute Gasteiger partial charge is 0.387 e. The first-order chi connectivity index (χ1) is 11.0. The summed E-state index contributed by atoms with van der Waals surface area (Å²) in [7, 11) is 0. The Bertz CT molecular complexity index is 660. The highest BCUT2D eigenvalue weighted by molar-refractivity contribution is 5.95. The summed E-state index contributed by atoms with van der Waals surface area (Å²) in [5, 5.41) is 2.56. The maximum absolute atomic E-state index is 12.0. The molecule has 23 heavy (non-hydrogen) atoms. The minimum atomic E-state index is -2.94. The van der Waals surface area contributed by atoms with Crippen LogP contribution in [0, 0.1) is 0 Å². The van der Waals surface area contributed by atoms with E-state index in [9.17, 15) is 18.4 Å². The predicted octanol–water partition coefficient (Wildman–Crippen LogP) is 3.08. The Balaban J connectivity index is 1.83. The molecule has 0 aliphatic rings. The molecule has 120 valence electrons. The molecule has 7 heteroatoms. The highest BCUT2D eigenvalue weighted by atomic mass is 19.3. The summed E-state index contributed by atoms with van der Waals surface area (Å²) >= 11 is 0. The first-order valence-corrected chi connectivity index (χ1v) is 6.61. The van der Waals surface area contributed by atoms with E-state index in [1.54, 1.807) is 30.3 Å². The van der Waals surface area contributed by atoms with Crippen molar-refractivity contribution in [2.75, 3.05) is 11.9 Å². The van der Waals surface area contributed by atoms with Crippen molar-refractivity contribution < 1.29 is 27.8 Å². The Labute approximate surface area is 130 Å². The largest absolute Gasteiger partial charge is 0.452 e. The number of hydrogen-bond donors (Lipinski definition) is 1. The lowest BCUT2D eigenvalue weighted by molar-refractivity contribution is -0.119. The van der Waals surface area contributed by atoms with Crippen LogP contribution >= 0.6 is 0 Å². The summed E-state index contributed by atoms with van der Waals surface area (Å²) in [4.78, 5) is 23.4. The van der Waals surface area contributed by atoms with Gasteiger partial charge in [0.15, 0.2) is 6.61 Å². The summed E-state index contributed by atoms with van der Waals surface area (Å²) in [5.41, 5.74) is 0.709. The van der Waals surface area contributed by atoms with Gasteiger partial charge in [-0.25, -0.2) is 4.79 Å². The van der Waals surface area contributed by atoms with Crippen LogP contribution in [0.2, 0.25) is 0 Å². The minimum absolute atomic E-state index is 0.0710. The lowest BCUT2D eigenvalue weighted by Crippen LogP contribution is -2.20. The normalized spacial score (nSPS) is 10.2. The number of hydrogen-bond acceptors (Lipinski definition) is 4. The van der Waals surface area contributed by atoms with Crippen molar-refractivity contribution in [1.29, 1.82) is 0 Å². The molecule has 0 aliphatic carbocycles. The molecule has 0 saturated heterocycles. The molecule has 0 unspecified atom stereocenters. The zero-order valence-electron chi connectivity index (χ0n) is 11.9. The predicted molar refractivity (Wildman–Crippen MR) is 78.4 cm³/mol. The molecule has 0 spiro atoms. The molecule has 2 aromatic carbocycles. The van der Waals surface area contributed by atoms with Crippen LogP contribution in [0.5, 0.6) is 5.75 Å². The number of carbonyl (C=O) groups excluding carboxylic acids is 2. The van der Waals surface area contributed by atoms with E-state index >= 15 is 0 Å². The lowest BCUT2D eigenvalue weighted by Gasteiger charge is -2.07. The Hall–Kier alpha value is -2.96. The van der Waals surface area contributed by atoms with Crippen LogP contribution in [-0.4, -0.2) is 25.1 Å². The van der Waals surface area contributed by atoms with E-state index in [0.29, 0.717) is 5.69 Å². The van der Waals surface area contributed by atoms with Gasteiger partial charge >= 0.3 is 12.6 Å². The number of para-hydroxylation sites is 1. The number of amides is 1. The summed E-state index contributed by atoms with van der Waals surface area (Å²) in [5.74, 6) is -1.29. The molecule has 5 nitrogen and oxygen atoms in total. The molecule has 2 rings (SSSR count). The van der Waals surface area contributed by atoms with Gasteiger partial charge in [-0.05, 0) is 36.4 Å². The highest BCUT2D eigenvalue weighted by Crippen LogP contribution is 2.15. The number of rotatable bonds is 6. The Morgan fingerprint density at radius 1 is 1.00 bits per heavy atom. The number of carbonyl (C=O) groups is 2. The van der Waals surface area contributed by atoms with Gasteiger partial charge in [-0.3, -0.25) is 4.79 Å². The van der Waals surface area contributed by atoms with Crippen LogP contribution in [0.3, 0.4) is 0 Å². The fourth-order valence-electron chi connectivity index (χ4n) is 1.71. The third kappa shape index (κ3) is 5.39. The van der Waals surface area contributed by atoms with Crippen LogP contribution in [0.15, 0.2) is 54.6 Å². The van der Waals surface area contributed by atoms with Crippen LogP contribution in [-0.2, 0) is 9.53 Å². The van der Waals surface area contributed by atoms with E-state index in [4.69, 9.17) is 4.74 Å². The monoisotopic (exact) mass is 321 g/mol. The Morgan fingerprint density at radius 2 is 1.65 bits per heavy atom. The van der Waals surface area contributed by atoms with Crippen molar-refractivity contribution in [3.05, 3.63) is 60.2 Å². The van der Waals surface area contributed by atoms with Crippen LogP contribution in [0.1, 0.15) is 10.4 Å². The summed E-state index contributed by atoms with van der Waals surface area (Å²) in [6.07, 6.45) is 0. The van der Waals surface area contributed by atoms with Crippen molar-refractivity contribution in [1.82, 2.24) is 0 Å². The fraction of sp³-hybridized carbons (Fsp3) is 0.125. The molecule has 1 N–H and O–H groups in total. The number of nitrogens with one attached hydrogen (secondary N) is 1. The zero-order chi connectivity index (χ0) is 16.7. The molecule has 2 aromatic rings. The second kappa shape index (κ2) is 7.88. The van der Waals surface area contributed by atoms with E-state index in [2.05, 4.69) is 10.1 Å². The third-order valence-corrected chi connectivity index (χ3v) is 2.71. The second-order valence-corrected chi connectivity index (χ2v) is 4.39. The first-order valence-electron chi connectivity index (χ1n) is 6.61. The van der Waals surface area contributed by atoms with E-state index < -0.39 is 25.1 Å². The minimum Gasteiger partial charge on any atom is -0.452 e. The Kier molecular flexibility index (Phi) is 5.62. The van der Waals surface area contributed by atoms with Gasteiger partial charge < -0.3 is 14.8 Å². The molecule has 0 bridgehead atoms. The van der Waals surface area contributed by atoms with Crippen molar-refractivity contribution in [3.8, 4) is 5.75 Å². The van der Waals surface area contributed by atoms with E-state index in [0.717, 1.165) is 0 Å². The van der Waals surface area contributed by atoms with Gasteiger partial charge in [0.2, 0.25) is 0 Å². The summed E-state index contributed by atoms with van der Waals surface area (Å²) in [6, 6.07) is 13.7. The number of ether oxygens (including phenoxy) is 2. The first kappa shape index (κ1) is 16.4. The topological polar surface area (TPSA) is 64.6 Å². The quantitative estimate of drug-likeness (QED) is 0.831. The number of anilines is 1. The zero-order valence-corrected chi connectivity index (χ0v) is 11.9. The molecule has 0 saturated carbocycles. The number of esters is 1. The summed E-state index contributed by atoms with van der Waals surface area (Å²) < 4.78 is 33.0. The molecule has 0 radical (unpaired) electrons. The molecule has 0 aliphatic heterocycles. The van der Waals surface area contributed by atoms with Gasteiger partial charge in [0, 0.05) is 5.69 Å². The number of halogens is 2. The van der Waals surface area contributed by atoms with Gasteiger partial charge in [0.25, 0.3) is 5.91 Å². The second-order valence-electron chi connectivity index (χ2n) is 4.39. The average molecular weight is 321 g/mol. The van der Waals surface area contributed by atoms with Gasteiger partial charge in [-0.1, -0.05) is 18.2 Å². The molecular formula is C16H13F2NO4. The Morgan fingerprint density at radius 3 is 2.26 bits per heavy atom. The SMILES string of the molecule is O=C(COC(=O)c1ccc(OC(F)F)cc1)Nc1ccccc1. The van der Waals surface area contributed by atoms with Gasteiger partial charge in [-0.15, -0.1) is 0 Å². The van der Waals surface area contributed by atoms with Crippen molar-refractivity contribution in [3.63, 3.8) is 0 Å². The van der Waals surface area contributed by atoms with Crippen LogP contribution in [0.4, 0.5) is 14.5 Å². The summed E-state index contributed by atoms with van der Waals surface area (Å²) in [6.45, 7) is -3.39. The van der Waals surface area contributed by atoms with Gasteiger partial charge in [0.1, 0.15) is 5.75 Å². The third-order valence-electron chi connectivity index (χ3n) is 2.71. The van der Waals surface area contributed by atoms with E-state index in [-0.39, 0.29) is 11.3 Å². The van der Waals surface area contributed by atoms with E-state index in [1.807, 2.05) is 0 Å². The highest BCUT2D eigenvalue weighted by Gasteiger charge is 2.11. The average Bonchev–Trinajstić information content (AvgIpc) is 2.54. The van der Waals surface area contributed by atoms with Crippen LogP contribution < -0.4 is 10.1 Å². The van der Waals surface area contributed by atoms with Crippen LogP contribution in [0.25, 0.3) is 0 Å². The van der Waals surface area contributed by atoms with Crippen molar-refractivity contribution in [2.24, 2.45) is 0 Å². The molecule has 0 atom stereocenters. The maximum Gasteiger partial charge on any atom is 0.387 e. The molecular weight excluding hydrogens is 308 g/mol. The maximum atomic E-state index is 12.0. The van der Waals surface area contributed by atoms with Gasteiger partial charge in [-0.2, -0.15) is 8.78 Å². The molecule has 0 fully saturated rings. The van der Waals surface area contributed by atoms with E-state index in [1.165, 1.54) is 24.3 Å². The standard InChI is InChI=1S/C16H13F2NO4/c17-16(18)23-13-8-6-11(7-9-13)15(21)22-10-14(20)19-12-4-2-1-3-5-12/h1-9,16H,10H2,(H,19,20). The molecule has 0 aromatic heterocycles. The lowest BCUT2D eigenvalue weighted by atomic mass is 10.2. The van der Waals surface area contributed by atoms with Crippen molar-refractivity contribution >= 4 is 17.6 Å².